The number of H-pyrrole nitrogens is 1. The quantitative estimate of drug-likeness (QED) is 0.638. The van der Waals surface area contributed by atoms with E-state index in [2.05, 4.69) is 9.84 Å². The molecule has 6 nitrogen and oxygen atoms in total. The van der Waals surface area contributed by atoms with Crippen LogP contribution in [0.3, 0.4) is 0 Å². The summed E-state index contributed by atoms with van der Waals surface area (Å²) in [4.78, 5) is 32.7. The number of carbonyl (C=O) groups excluding carboxylic acids is 1. The van der Waals surface area contributed by atoms with Gasteiger partial charge in [0.15, 0.2) is 0 Å². The number of hydrogen-bond acceptors (Lipinski definition) is 4. The minimum absolute atomic E-state index is 0.0519. The monoisotopic (exact) mass is 198 g/mol. The average Bonchev–Trinajstić information content (AvgIpc) is 2.19. The van der Waals surface area contributed by atoms with E-state index in [-0.39, 0.29) is 24.1 Å². The van der Waals surface area contributed by atoms with E-state index in [1.54, 1.807) is 0 Å². The van der Waals surface area contributed by atoms with Crippen LogP contribution in [0.2, 0.25) is 0 Å². The third kappa shape index (κ3) is 2.58. The lowest BCUT2D eigenvalue weighted by molar-refractivity contribution is -0.140. The molecule has 0 fully saturated rings. The predicted molar refractivity (Wildman–Crippen MR) is 48.0 cm³/mol. The van der Waals surface area contributed by atoms with Gasteiger partial charge in [-0.25, -0.2) is 4.68 Å². The van der Waals surface area contributed by atoms with Gasteiger partial charge in [0.1, 0.15) is 0 Å². The Bertz CT molecular complexity index is 431. The Balaban J connectivity index is 2.77. The van der Waals surface area contributed by atoms with Crippen LogP contribution in [0.15, 0.2) is 21.7 Å². The molecule has 1 rings (SSSR count). The van der Waals surface area contributed by atoms with Crippen molar-refractivity contribution in [3.63, 3.8) is 0 Å². The molecule has 0 bridgehead atoms. The fourth-order valence-electron chi connectivity index (χ4n) is 0.934. The molecular formula is C8H10N2O4. The summed E-state index contributed by atoms with van der Waals surface area (Å²) in [5.74, 6) is -0.429. The molecule has 0 amide bonds. The van der Waals surface area contributed by atoms with Crippen LogP contribution in [0.4, 0.5) is 0 Å². The van der Waals surface area contributed by atoms with Crippen molar-refractivity contribution in [3.8, 4) is 0 Å². The summed E-state index contributed by atoms with van der Waals surface area (Å²) in [6, 6.07) is 2.28. The minimum Gasteiger partial charge on any atom is -0.469 e. The van der Waals surface area contributed by atoms with Crippen molar-refractivity contribution in [3.05, 3.63) is 32.8 Å². The zero-order valence-electron chi connectivity index (χ0n) is 7.65. The summed E-state index contributed by atoms with van der Waals surface area (Å²) < 4.78 is 5.46. The average molecular weight is 198 g/mol. The first-order valence-electron chi connectivity index (χ1n) is 4.00. The number of methoxy groups -OCH3 is 1. The molecule has 1 heterocycles. The van der Waals surface area contributed by atoms with Crippen LogP contribution in [-0.2, 0) is 16.1 Å². The molecule has 0 saturated heterocycles. The number of rotatable bonds is 3. The Hall–Kier alpha value is -1.85. The number of hydrogen-bond donors (Lipinski definition) is 1. The standard InChI is InChI=1S/C8H10N2O4/c1-14-8(13)4-5-10-7(12)3-2-6(11)9-10/h2-3H,4-5H2,1H3,(H,9,11). The van der Waals surface area contributed by atoms with Crippen LogP contribution < -0.4 is 11.1 Å². The molecule has 0 spiro atoms. The zero-order chi connectivity index (χ0) is 10.6. The molecular weight excluding hydrogens is 188 g/mol. The van der Waals surface area contributed by atoms with Crippen molar-refractivity contribution >= 4 is 5.97 Å². The van der Waals surface area contributed by atoms with E-state index in [4.69, 9.17) is 0 Å². The zero-order valence-corrected chi connectivity index (χ0v) is 7.65. The van der Waals surface area contributed by atoms with Crippen LogP contribution in [0.5, 0.6) is 0 Å². The van der Waals surface area contributed by atoms with Crippen LogP contribution in [0.1, 0.15) is 6.42 Å². The largest absolute Gasteiger partial charge is 0.469 e. The maximum atomic E-state index is 11.1. The molecule has 0 radical (unpaired) electrons. The number of ether oxygens (including phenoxy) is 1. The molecule has 0 unspecified atom stereocenters. The highest BCUT2D eigenvalue weighted by Crippen LogP contribution is 1.85. The summed E-state index contributed by atoms with van der Waals surface area (Å²) in [6.45, 7) is 0.113. The lowest BCUT2D eigenvalue weighted by Crippen LogP contribution is -2.28. The van der Waals surface area contributed by atoms with Gasteiger partial charge in [0.2, 0.25) is 0 Å². The summed E-state index contributed by atoms with van der Waals surface area (Å²) >= 11 is 0. The number of aromatic amines is 1. The van der Waals surface area contributed by atoms with Crippen molar-refractivity contribution in [1.29, 1.82) is 0 Å². The number of carbonyl (C=O) groups is 1. The van der Waals surface area contributed by atoms with Crippen molar-refractivity contribution in [2.75, 3.05) is 7.11 Å². The number of nitrogens with one attached hydrogen (secondary N) is 1. The van der Waals surface area contributed by atoms with Gasteiger partial charge >= 0.3 is 5.97 Å². The maximum Gasteiger partial charge on any atom is 0.307 e. The highest BCUT2D eigenvalue weighted by molar-refractivity contribution is 5.68. The normalized spacial score (nSPS) is 9.79. The SMILES string of the molecule is COC(=O)CCn1[nH]c(=O)ccc1=O. The fraction of sp³-hybridized carbons (Fsp3) is 0.375. The Labute approximate surface area is 79.1 Å². The topological polar surface area (TPSA) is 81.2 Å². The lowest BCUT2D eigenvalue weighted by Gasteiger charge is -2.02. The van der Waals surface area contributed by atoms with E-state index < -0.39 is 5.97 Å². The molecule has 1 aromatic heterocycles. The molecule has 1 aromatic rings. The molecule has 1 N–H and O–H groups in total. The Morgan fingerprint density at radius 3 is 2.86 bits per heavy atom. The molecule has 0 aliphatic carbocycles. The van der Waals surface area contributed by atoms with E-state index in [1.807, 2.05) is 0 Å². The van der Waals surface area contributed by atoms with Crippen molar-refractivity contribution in [1.82, 2.24) is 9.78 Å². The number of nitrogens with zero attached hydrogens (tertiary/aromatic N) is 1. The number of aryl methyl sites for hydroxylation is 1. The van der Waals surface area contributed by atoms with Crippen LogP contribution in [0.25, 0.3) is 0 Å². The van der Waals surface area contributed by atoms with Gasteiger partial charge in [-0.05, 0) is 0 Å². The second kappa shape index (κ2) is 4.40. The number of aromatic nitrogens is 2. The molecule has 0 aromatic carbocycles. The van der Waals surface area contributed by atoms with Crippen LogP contribution in [-0.4, -0.2) is 22.9 Å². The van der Waals surface area contributed by atoms with Gasteiger partial charge in [0, 0.05) is 12.1 Å². The third-order valence-corrected chi connectivity index (χ3v) is 1.66. The van der Waals surface area contributed by atoms with Gasteiger partial charge in [0.25, 0.3) is 11.1 Å². The van der Waals surface area contributed by atoms with Crippen molar-refractivity contribution in [2.45, 2.75) is 13.0 Å². The molecule has 0 atom stereocenters. The second-order valence-electron chi connectivity index (χ2n) is 2.63. The van der Waals surface area contributed by atoms with Crippen molar-refractivity contribution < 1.29 is 9.53 Å². The summed E-state index contributed by atoms with van der Waals surface area (Å²) in [5.41, 5.74) is -0.733. The summed E-state index contributed by atoms with van der Waals surface area (Å²) in [6.07, 6.45) is 0.0519. The predicted octanol–water partition coefficient (Wildman–Crippen LogP) is -0.900. The Kier molecular flexibility index (Phi) is 3.22. The van der Waals surface area contributed by atoms with E-state index in [1.165, 1.54) is 7.11 Å². The highest BCUT2D eigenvalue weighted by atomic mass is 16.5. The van der Waals surface area contributed by atoms with E-state index in [0.29, 0.717) is 0 Å². The smallest absolute Gasteiger partial charge is 0.307 e. The minimum atomic E-state index is -0.429. The highest BCUT2D eigenvalue weighted by Gasteiger charge is 2.02. The Morgan fingerprint density at radius 2 is 2.21 bits per heavy atom. The first-order chi connectivity index (χ1) is 6.63. The summed E-state index contributed by atoms with van der Waals surface area (Å²) in [7, 11) is 1.26. The van der Waals surface area contributed by atoms with Gasteiger partial charge in [-0.2, -0.15) is 0 Å². The first kappa shape index (κ1) is 10.2. The van der Waals surface area contributed by atoms with Gasteiger partial charge in [-0.3, -0.25) is 19.5 Å². The van der Waals surface area contributed by atoms with E-state index in [0.717, 1.165) is 16.8 Å². The fourth-order valence-corrected chi connectivity index (χ4v) is 0.934. The van der Waals surface area contributed by atoms with Gasteiger partial charge < -0.3 is 4.74 Å². The first-order valence-corrected chi connectivity index (χ1v) is 4.00. The molecule has 0 aliphatic heterocycles. The second-order valence-corrected chi connectivity index (χ2v) is 2.63. The molecule has 6 heteroatoms. The molecule has 14 heavy (non-hydrogen) atoms. The molecule has 0 aliphatic rings. The van der Waals surface area contributed by atoms with Gasteiger partial charge in [0.05, 0.1) is 20.1 Å². The van der Waals surface area contributed by atoms with Crippen LogP contribution >= 0.6 is 0 Å². The molecule has 76 valence electrons. The maximum absolute atomic E-state index is 11.1. The summed E-state index contributed by atoms with van der Waals surface area (Å²) in [5, 5.41) is 2.30. The molecule has 0 saturated carbocycles. The van der Waals surface area contributed by atoms with Gasteiger partial charge in [-0.1, -0.05) is 0 Å². The Morgan fingerprint density at radius 1 is 1.50 bits per heavy atom. The number of esters is 1. The van der Waals surface area contributed by atoms with E-state index >= 15 is 0 Å². The van der Waals surface area contributed by atoms with Gasteiger partial charge in [-0.15, -0.1) is 0 Å². The third-order valence-electron chi connectivity index (χ3n) is 1.66. The van der Waals surface area contributed by atoms with Crippen molar-refractivity contribution in [2.24, 2.45) is 0 Å². The van der Waals surface area contributed by atoms with Crippen LogP contribution in [0, 0.1) is 0 Å². The lowest BCUT2D eigenvalue weighted by atomic mass is 10.4. The van der Waals surface area contributed by atoms with E-state index in [9.17, 15) is 14.4 Å².